The normalized spacial score (nSPS) is 25.6. The van der Waals surface area contributed by atoms with Crippen LogP contribution in [0.3, 0.4) is 0 Å². The molecule has 2 atom stereocenters. The van der Waals surface area contributed by atoms with Crippen molar-refractivity contribution in [2.45, 2.75) is 31.6 Å². The first-order valence-corrected chi connectivity index (χ1v) is 6.18. The Bertz CT molecular complexity index is 503. The summed E-state index contributed by atoms with van der Waals surface area (Å²) in [6.07, 6.45) is 3.55. The van der Waals surface area contributed by atoms with E-state index >= 15 is 0 Å². The molecule has 1 amide bonds. The minimum atomic E-state index is -1.15. The molecule has 1 aromatic heterocycles. The molecule has 2 unspecified atom stereocenters. The molecule has 1 aromatic rings. The highest BCUT2D eigenvalue weighted by Gasteiger charge is 2.35. The van der Waals surface area contributed by atoms with Crippen molar-refractivity contribution in [3.8, 4) is 0 Å². The zero-order chi connectivity index (χ0) is 13.4. The highest BCUT2D eigenvalue weighted by molar-refractivity contribution is 5.84. The summed E-state index contributed by atoms with van der Waals surface area (Å²) >= 11 is 0. The maximum Gasteiger partial charge on any atom is 0.358 e. The predicted octanol–water partition coefficient (Wildman–Crippen LogP) is -0.634. The Labute approximate surface area is 108 Å². The topological polar surface area (TPSA) is 97.5 Å². The number of aromatic carboxylic acids is 1. The quantitative estimate of drug-likeness (QED) is 0.782. The Kier molecular flexibility index (Phi) is 2.94. The van der Waals surface area contributed by atoms with Crippen LogP contribution in [0.5, 0.6) is 0 Å². The molecule has 1 N–H and O–H groups in total. The van der Waals surface area contributed by atoms with Crippen molar-refractivity contribution in [3.63, 3.8) is 0 Å². The minimum Gasteiger partial charge on any atom is -0.476 e. The third-order valence-corrected chi connectivity index (χ3v) is 3.45. The van der Waals surface area contributed by atoms with E-state index < -0.39 is 5.97 Å². The number of likely N-dealkylation sites (tertiary alicyclic amines) is 1. The molecule has 8 heteroatoms. The van der Waals surface area contributed by atoms with Gasteiger partial charge in [0, 0.05) is 13.1 Å². The SMILES string of the molecule is O=C(O)c1cn(CC(=O)N2CC3CCC(C2)O3)nn1. The van der Waals surface area contributed by atoms with Gasteiger partial charge in [0.25, 0.3) is 0 Å². The summed E-state index contributed by atoms with van der Waals surface area (Å²) in [4.78, 5) is 24.5. The van der Waals surface area contributed by atoms with Crippen molar-refractivity contribution in [2.24, 2.45) is 0 Å². The first kappa shape index (κ1) is 12.1. The summed E-state index contributed by atoms with van der Waals surface area (Å²) in [5.74, 6) is -1.23. The van der Waals surface area contributed by atoms with Gasteiger partial charge in [0.2, 0.25) is 5.91 Å². The van der Waals surface area contributed by atoms with E-state index in [0.717, 1.165) is 12.8 Å². The van der Waals surface area contributed by atoms with Crippen LogP contribution in [0.25, 0.3) is 0 Å². The summed E-state index contributed by atoms with van der Waals surface area (Å²) < 4.78 is 6.91. The second-order valence-corrected chi connectivity index (χ2v) is 4.86. The van der Waals surface area contributed by atoms with Crippen molar-refractivity contribution in [1.29, 1.82) is 0 Å². The van der Waals surface area contributed by atoms with Gasteiger partial charge in [0.1, 0.15) is 6.54 Å². The van der Waals surface area contributed by atoms with Gasteiger partial charge in [-0.05, 0) is 12.8 Å². The Hall–Kier alpha value is -1.96. The first-order valence-electron chi connectivity index (χ1n) is 6.18. The molecular formula is C11H14N4O4. The summed E-state index contributed by atoms with van der Waals surface area (Å²) in [5, 5.41) is 15.8. The van der Waals surface area contributed by atoms with Gasteiger partial charge in [0.15, 0.2) is 5.69 Å². The van der Waals surface area contributed by atoms with Crippen LogP contribution in [-0.2, 0) is 16.1 Å². The average molecular weight is 266 g/mol. The molecule has 2 saturated heterocycles. The number of amides is 1. The van der Waals surface area contributed by atoms with Crippen molar-refractivity contribution in [1.82, 2.24) is 19.9 Å². The molecule has 3 heterocycles. The number of ether oxygens (including phenoxy) is 1. The fraction of sp³-hybridized carbons (Fsp3) is 0.636. The summed E-state index contributed by atoms with van der Waals surface area (Å²) in [6.45, 7) is 1.23. The number of hydrogen-bond donors (Lipinski definition) is 1. The lowest BCUT2D eigenvalue weighted by Gasteiger charge is -2.32. The lowest BCUT2D eigenvalue weighted by atomic mass is 10.2. The summed E-state index contributed by atoms with van der Waals surface area (Å²) in [6, 6.07) is 0. The number of hydrogen-bond acceptors (Lipinski definition) is 5. The van der Waals surface area contributed by atoms with Gasteiger partial charge in [-0.2, -0.15) is 0 Å². The van der Waals surface area contributed by atoms with Crippen LogP contribution in [0.15, 0.2) is 6.20 Å². The molecule has 0 radical (unpaired) electrons. The van der Waals surface area contributed by atoms with Crippen LogP contribution in [0.4, 0.5) is 0 Å². The highest BCUT2D eigenvalue weighted by atomic mass is 16.5. The molecule has 2 aliphatic heterocycles. The number of morpholine rings is 1. The van der Waals surface area contributed by atoms with Crippen LogP contribution in [0.1, 0.15) is 23.3 Å². The largest absolute Gasteiger partial charge is 0.476 e. The molecule has 0 spiro atoms. The van der Waals surface area contributed by atoms with Crippen LogP contribution in [0.2, 0.25) is 0 Å². The predicted molar refractivity (Wildman–Crippen MR) is 61.5 cm³/mol. The van der Waals surface area contributed by atoms with Crippen LogP contribution in [-0.4, -0.2) is 62.2 Å². The molecule has 8 nitrogen and oxygen atoms in total. The summed E-state index contributed by atoms with van der Waals surface area (Å²) in [7, 11) is 0. The van der Waals surface area contributed by atoms with E-state index in [1.54, 1.807) is 4.90 Å². The second-order valence-electron chi connectivity index (χ2n) is 4.86. The summed E-state index contributed by atoms with van der Waals surface area (Å²) in [5.41, 5.74) is -0.158. The Balaban J connectivity index is 1.62. The van der Waals surface area contributed by atoms with E-state index in [9.17, 15) is 9.59 Å². The minimum absolute atomic E-state index is 0.0136. The van der Waals surface area contributed by atoms with Crippen LogP contribution < -0.4 is 0 Å². The van der Waals surface area contributed by atoms with E-state index in [4.69, 9.17) is 9.84 Å². The standard InChI is InChI=1S/C11H14N4O4/c16-10(6-15-5-9(11(17)18)12-13-15)14-3-7-1-2-8(4-14)19-7/h5,7-8H,1-4,6H2,(H,17,18). The third kappa shape index (κ3) is 2.43. The van der Waals surface area contributed by atoms with E-state index in [1.165, 1.54) is 10.9 Å². The van der Waals surface area contributed by atoms with Gasteiger partial charge in [-0.15, -0.1) is 5.10 Å². The van der Waals surface area contributed by atoms with E-state index in [1.807, 2.05) is 0 Å². The second kappa shape index (κ2) is 4.61. The van der Waals surface area contributed by atoms with Crippen molar-refractivity contribution in [3.05, 3.63) is 11.9 Å². The van der Waals surface area contributed by atoms with Gasteiger partial charge in [-0.25, -0.2) is 9.48 Å². The number of fused-ring (bicyclic) bond motifs is 2. The van der Waals surface area contributed by atoms with Crippen molar-refractivity contribution in [2.75, 3.05) is 13.1 Å². The highest BCUT2D eigenvalue weighted by Crippen LogP contribution is 2.26. The molecule has 0 aromatic carbocycles. The van der Waals surface area contributed by atoms with E-state index in [-0.39, 0.29) is 30.4 Å². The maximum absolute atomic E-state index is 12.1. The maximum atomic E-state index is 12.1. The number of carbonyl (C=O) groups excluding carboxylic acids is 1. The number of carbonyl (C=O) groups is 2. The van der Waals surface area contributed by atoms with E-state index in [0.29, 0.717) is 13.1 Å². The Morgan fingerprint density at radius 2 is 2.05 bits per heavy atom. The van der Waals surface area contributed by atoms with E-state index in [2.05, 4.69) is 10.3 Å². The average Bonchev–Trinajstić information content (AvgIpc) is 2.96. The number of carboxylic acid groups (broad SMARTS) is 1. The zero-order valence-corrected chi connectivity index (χ0v) is 10.2. The number of carboxylic acids is 1. The number of rotatable bonds is 3. The van der Waals surface area contributed by atoms with Gasteiger partial charge >= 0.3 is 5.97 Å². The molecule has 3 rings (SSSR count). The third-order valence-electron chi connectivity index (χ3n) is 3.45. The molecule has 0 saturated carbocycles. The fourth-order valence-electron chi connectivity index (χ4n) is 2.53. The van der Waals surface area contributed by atoms with Crippen molar-refractivity contribution >= 4 is 11.9 Å². The van der Waals surface area contributed by atoms with Gasteiger partial charge in [-0.1, -0.05) is 5.21 Å². The molecule has 2 aliphatic rings. The molecule has 102 valence electrons. The fourth-order valence-corrected chi connectivity index (χ4v) is 2.53. The first-order chi connectivity index (χ1) is 9.11. The molecule has 19 heavy (non-hydrogen) atoms. The Morgan fingerprint density at radius 3 is 2.63 bits per heavy atom. The van der Waals surface area contributed by atoms with Crippen molar-refractivity contribution < 1.29 is 19.4 Å². The van der Waals surface area contributed by atoms with Crippen LogP contribution in [0, 0.1) is 0 Å². The monoisotopic (exact) mass is 266 g/mol. The smallest absolute Gasteiger partial charge is 0.358 e. The molecule has 2 fully saturated rings. The van der Waals surface area contributed by atoms with Gasteiger partial charge in [-0.3, -0.25) is 4.79 Å². The van der Waals surface area contributed by atoms with Gasteiger partial charge in [0.05, 0.1) is 18.4 Å². The number of aromatic nitrogens is 3. The lowest BCUT2D eigenvalue weighted by Crippen LogP contribution is -2.47. The lowest BCUT2D eigenvalue weighted by molar-refractivity contribution is -0.140. The number of nitrogens with zero attached hydrogens (tertiary/aromatic N) is 4. The Morgan fingerprint density at radius 1 is 1.37 bits per heavy atom. The molecular weight excluding hydrogens is 252 g/mol. The van der Waals surface area contributed by atoms with Crippen LogP contribution >= 0.6 is 0 Å². The van der Waals surface area contributed by atoms with Gasteiger partial charge < -0.3 is 14.7 Å². The molecule has 2 bridgehead atoms. The zero-order valence-electron chi connectivity index (χ0n) is 10.2. The molecule has 0 aliphatic carbocycles.